The number of carboxylic acid groups (broad SMARTS) is 1. The van der Waals surface area contributed by atoms with Crippen molar-refractivity contribution in [1.29, 1.82) is 0 Å². The number of carboxylic acids is 1. The summed E-state index contributed by atoms with van der Waals surface area (Å²) in [5.41, 5.74) is 2.84. The molecule has 0 spiro atoms. The molecular formula is C13H12BrN3O2. The van der Waals surface area contributed by atoms with Crippen LogP contribution in [0.3, 0.4) is 0 Å². The molecule has 2 rings (SSSR count). The lowest BCUT2D eigenvalue weighted by atomic mass is 10.1. The van der Waals surface area contributed by atoms with Crippen molar-refractivity contribution >= 4 is 27.7 Å². The van der Waals surface area contributed by atoms with Gasteiger partial charge >= 0.3 is 5.97 Å². The number of hydrogen-bond acceptors (Lipinski definition) is 4. The number of rotatable bonds is 4. The summed E-state index contributed by atoms with van der Waals surface area (Å²) < 4.78 is 0.975. The molecule has 0 bridgehead atoms. The van der Waals surface area contributed by atoms with Crippen LogP contribution in [0, 0.1) is 6.92 Å². The molecule has 0 aliphatic rings. The number of anilines is 1. The third kappa shape index (κ3) is 3.51. The molecule has 6 heteroatoms. The van der Waals surface area contributed by atoms with E-state index in [9.17, 15) is 4.79 Å². The summed E-state index contributed by atoms with van der Waals surface area (Å²) in [5, 5.41) is 19.3. The zero-order valence-electron chi connectivity index (χ0n) is 10.2. The van der Waals surface area contributed by atoms with Gasteiger partial charge in [0.1, 0.15) is 12.4 Å². The van der Waals surface area contributed by atoms with Crippen LogP contribution in [0.25, 0.3) is 11.3 Å². The Hall–Kier alpha value is -1.95. The molecule has 0 aliphatic heterocycles. The molecule has 0 radical (unpaired) electrons. The van der Waals surface area contributed by atoms with Gasteiger partial charge in [0.05, 0.1) is 5.69 Å². The summed E-state index contributed by atoms with van der Waals surface area (Å²) in [6, 6.07) is 9.47. The lowest BCUT2D eigenvalue weighted by Crippen LogP contribution is -2.13. The molecule has 0 fully saturated rings. The second-order valence-corrected chi connectivity index (χ2v) is 4.93. The summed E-state index contributed by atoms with van der Waals surface area (Å²) >= 11 is 3.42. The monoisotopic (exact) mass is 321 g/mol. The maximum absolute atomic E-state index is 10.4. The average molecular weight is 322 g/mol. The Morgan fingerprint density at radius 2 is 2.11 bits per heavy atom. The fourth-order valence-corrected chi connectivity index (χ4v) is 1.97. The van der Waals surface area contributed by atoms with E-state index in [2.05, 4.69) is 31.4 Å². The van der Waals surface area contributed by atoms with Gasteiger partial charge in [0.25, 0.3) is 0 Å². The lowest BCUT2D eigenvalue weighted by molar-refractivity contribution is -0.134. The summed E-state index contributed by atoms with van der Waals surface area (Å²) in [6.07, 6.45) is 0. The number of nitrogens with zero attached hydrogens (tertiary/aromatic N) is 2. The van der Waals surface area contributed by atoms with E-state index >= 15 is 0 Å². The van der Waals surface area contributed by atoms with Gasteiger partial charge in [-0.1, -0.05) is 22.0 Å². The molecule has 5 nitrogen and oxygen atoms in total. The Balaban J connectivity index is 2.22. The van der Waals surface area contributed by atoms with Crippen LogP contribution in [-0.2, 0) is 4.79 Å². The van der Waals surface area contributed by atoms with Crippen molar-refractivity contribution in [2.24, 2.45) is 0 Å². The van der Waals surface area contributed by atoms with Crippen LogP contribution in [-0.4, -0.2) is 27.8 Å². The van der Waals surface area contributed by atoms with Gasteiger partial charge in [0.15, 0.2) is 0 Å². The Labute approximate surface area is 118 Å². The fraction of sp³-hybridized carbons (Fsp3) is 0.154. The molecule has 0 saturated heterocycles. The molecule has 0 saturated carbocycles. The molecule has 0 unspecified atom stereocenters. The van der Waals surface area contributed by atoms with Gasteiger partial charge in [-0.3, -0.25) is 4.79 Å². The van der Waals surface area contributed by atoms with Crippen molar-refractivity contribution < 1.29 is 9.90 Å². The van der Waals surface area contributed by atoms with Crippen molar-refractivity contribution in [3.05, 3.63) is 40.4 Å². The highest BCUT2D eigenvalue weighted by Gasteiger charge is 2.06. The largest absolute Gasteiger partial charge is 0.480 e. The molecule has 0 amide bonds. The van der Waals surface area contributed by atoms with Crippen LogP contribution in [0.15, 0.2) is 34.8 Å². The van der Waals surface area contributed by atoms with E-state index < -0.39 is 5.97 Å². The van der Waals surface area contributed by atoms with Crippen molar-refractivity contribution in [3.8, 4) is 11.3 Å². The number of hydrogen-bond donors (Lipinski definition) is 2. The minimum Gasteiger partial charge on any atom is -0.480 e. The predicted octanol–water partition coefficient (Wildman–Crippen LogP) is 2.71. The van der Waals surface area contributed by atoms with Crippen LogP contribution < -0.4 is 5.32 Å². The molecule has 2 N–H and O–H groups in total. The van der Waals surface area contributed by atoms with Crippen molar-refractivity contribution in [3.63, 3.8) is 0 Å². The van der Waals surface area contributed by atoms with E-state index in [1.807, 2.05) is 31.2 Å². The number of benzene rings is 1. The molecule has 98 valence electrons. The van der Waals surface area contributed by atoms with E-state index in [4.69, 9.17) is 5.11 Å². The van der Waals surface area contributed by atoms with Crippen LogP contribution in [0.1, 0.15) is 5.56 Å². The minimum absolute atomic E-state index is 0.177. The fourth-order valence-electron chi connectivity index (χ4n) is 1.61. The lowest BCUT2D eigenvalue weighted by Gasteiger charge is -2.06. The molecule has 2 aromatic rings. The van der Waals surface area contributed by atoms with Crippen LogP contribution in [0.4, 0.5) is 5.82 Å². The highest BCUT2D eigenvalue weighted by atomic mass is 79.9. The number of carbonyl (C=O) groups is 1. The minimum atomic E-state index is -0.936. The second kappa shape index (κ2) is 5.79. The first kappa shape index (κ1) is 13.5. The normalized spacial score (nSPS) is 10.2. The van der Waals surface area contributed by atoms with Crippen LogP contribution in [0.5, 0.6) is 0 Å². The molecule has 1 aromatic heterocycles. The number of aryl methyl sites for hydroxylation is 1. The average Bonchev–Trinajstić information content (AvgIpc) is 2.40. The number of aromatic nitrogens is 2. The highest BCUT2D eigenvalue weighted by Crippen LogP contribution is 2.25. The first-order valence-corrected chi connectivity index (χ1v) is 6.41. The standard InChI is InChI=1S/C13H12BrN3O2/c1-8-2-3-9(14)6-10(8)11-4-5-12(17-16-11)15-7-13(18)19/h2-6H,7H2,1H3,(H,15,17)(H,18,19). The maximum atomic E-state index is 10.4. The van der Waals surface area contributed by atoms with E-state index in [-0.39, 0.29) is 6.54 Å². The maximum Gasteiger partial charge on any atom is 0.322 e. The van der Waals surface area contributed by atoms with Gasteiger partial charge in [-0.15, -0.1) is 10.2 Å². The number of nitrogens with one attached hydrogen (secondary N) is 1. The second-order valence-electron chi connectivity index (χ2n) is 4.01. The quantitative estimate of drug-likeness (QED) is 0.905. The van der Waals surface area contributed by atoms with Gasteiger partial charge in [-0.05, 0) is 36.8 Å². The number of aliphatic carboxylic acids is 1. The van der Waals surface area contributed by atoms with E-state index in [1.165, 1.54) is 0 Å². The summed E-state index contributed by atoms with van der Waals surface area (Å²) in [7, 11) is 0. The number of halogens is 1. The zero-order valence-corrected chi connectivity index (χ0v) is 11.8. The molecule has 0 aliphatic carbocycles. The van der Waals surface area contributed by atoms with E-state index in [0.717, 1.165) is 21.3 Å². The van der Waals surface area contributed by atoms with E-state index in [1.54, 1.807) is 6.07 Å². The Bertz CT molecular complexity index is 599. The molecule has 1 aromatic carbocycles. The van der Waals surface area contributed by atoms with Gasteiger partial charge in [0.2, 0.25) is 0 Å². The molecular weight excluding hydrogens is 310 g/mol. The Morgan fingerprint density at radius 1 is 1.32 bits per heavy atom. The highest BCUT2D eigenvalue weighted by molar-refractivity contribution is 9.10. The van der Waals surface area contributed by atoms with Gasteiger partial charge < -0.3 is 10.4 Å². The first-order valence-electron chi connectivity index (χ1n) is 5.62. The van der Waals surface area contributed by atoms with Gasteiger partial charge in [-0.2, -0.15) is 0 Å². The van der Waals surface area contributed by atoms with Crippen molar-refractivity contribution in [1.82, 2.24) is 10.2 Å². The van der Waals surface area contributed by atoms with Crippen LogP contribution >= 0.6 is 15.9 Å². The molecule has 0 atom stereocenters. The zero-order chi connectivity index (χ0) is 13.8. The Kier molecular flexibility index (Phi) is 4.11. The molecule has 19 heavy (non-hydrogen) atoms. The summed E-state index contributed by atoms with van der Waals surface area (Å²) in [6.45, 7) is 1.82. The van der Waals surface area contributed by atoms with E-state index in [0.29, 0.717) is 5.82 Å². The first-order chi connectivity index (χ1) is 9.06. The topological polar surface area (TPSA) is 75.1 Å². The van der Waals surface area contributed by atoms with Crippen LogP contribution in [0.2, 0.25) is 0 Å². The third-order valence-corrected chi connectivity index (χ3v) is 3.05. The van der Waals surface area contributed by atoms with Crippen molar-refractivity contribution in [2.45, 2.75) is 6.92 Å². The Morgan fingerprint density at radius 3 is 2.74 bits per heavy atom. The molecule has 1 heterocycles. The summed E-state index contributed by atoms with van der Waals surface area (Å²) in [4.78, 5) is 10.4. The van der Waals surface area contributed by atoms with Gasteiger partial charge in [0, 0.05) is 10.0 Å². The smallest absolute Gasteiger partial charge is 0.322 e. The summed E-state index contributed by atoms with van der Waals surface area (Å²) in [5.74, 6) is -0.493. The SMILES string of the molecule is Cc1ccc(Br)cc1-c1ccc(NCC(=O)O)nn1. The van der Waals surface area contributed by atoms with Crippen molar-refractivity contribution in [2.75, 3.05) is 11.9 Å². The predicted molar refractivity (Wildman–Crippen MR) is 76.0 cm³/mol. The third-order valence-electron chi connectivity index (χ3n) is 2.56. The van der Waals surface area contributed by atoms with Gasteiger partial charge in [-0.25, -0.2) is 0 Å².